The molecule has 2 fully saturated rings. The molecule has 0 aliphatic carbocycles. The molecule has 5 heterocycles. The zero-order valence-electron chi connectivity index (χ0n) is 21.3. The lowest BCUT2D eigenvalue weighted by Gasteiger charge is -2.33. The first kappa shape index (κ1) is 25.9. The molecule has 5 rings (SSSR count). The molecule has 2 N–H and O–H groups in total. The highest BCUT2D eigenvalue weighted by Crippen LogP contribution is 2.29. The van der Waals surface area contributed by atoms with Crippen LogP contribution in [-0.4, -0.2) is 88.8 Å². The molecule has 38 heavy (non-hydrogen) atoms. The van der Waals surface area contributed by atoms with E-state index in [1.165, 1.54) is 11.1 Å². The number of hydrogen-bond donors (Lipinski definition) is 2. The number of aldehydes is 1. The normalized spacial score (nSPS) is 19.6. The van der Waals surface area contributed by atoms with Crippen LogP contribution in [0.4, 0.5) is 22.1 Å². The van der Waals surface area contributed by atoms with Crippen LogP contribution in [0.1, 0.15) is 40.0 Å². The number of anilines is 3. The third kappa shape index (κ3) is 5.58. The maximum Gasteiger partial charge on any atom is 0.328 e. The minimum atomic E-state index is -0.406. The molecule has 11 nitrogen and oxygen atoms in total. The molecule has 3 aliphatic rings. The molecule has 3 amide bonds. The highest BCUT2D eigenvalue weighted by molar-refractivity contribution is 7.99. The Morgan fingerprint density at radius 1 is 1.32 bits per heavy atom. The molecule has 1 unspecified atom stereocenters. The maximum absolute atomic E-state index is 13.3. The second-order valence-corrected chi connectivity index (χ2v) is 11.0. The van der Waals surface area contributed by atoms with Crippen molar-refractivity contribution in [1.82, 2.24) is 19.8 Å². The van der Waals surface area contributed by atoms with Crippen molar-refractivity contribution in [1.29, 1.82) is 5.26 Å². The van der Waals surface area contributed by atoms with Crippen molar-refractivity contribution in [3.63, 3.8) is 0 Å². The van der Waals surface area contributed by atoms with Gasteiger partial charge in [-0.25, -0.2) is 14.8 Å². The second-order valence-electron chi connectivity index (χ2n) is 9.80. The van der Waals surface area contributed by atoms with E-state index in [9.17, 15) is 19.6 Å². The van der Waals surface area contributed by atoms with Crippen molar-refractivity contribution >= 4 is 47.3 Å². The first-order valence-electron chi connectivity index (χ1n) is 12.7. The van der Waals surface area contributed by atoms with Crippen LogP contribution in [-0.2, 0) is 17.8 Å². The number of hydrogen-bond acceptors (Lipinski definition) is 9. The molecular formula is C26H30N8O3S. The summed E-state index contributed by atoms with van der Waals surface area (Å²) in [5, 5.41) is 15.7. The number of pyridine rings is 2. The number of aromatic nitrogens is 2. The van der Waals surface area contributed by atoms with Crippen LogP contribution in [0.5, 0.6) is 0 Å². The Bertz CT molecular complexity index is 1290. The van der Waals surface area contributed by atoms with Crippen molar-refractivity contribution < 1.29 is 14.4 Å². The third-order valence-corrected chi connectivity index (χ3v) is 8.21. The number of likely N-dealkylation sites (N-methyl/N-ethyl adjacent to an activating group) is 1. The lowest BCUT2D eigenvalue weighted by atomic mass is 10.0. The van der Waals surface area contributed by atoms with Gasteiger partial charge in [0, 0.05) is 55.8 Å². The van der Waals surface area contributed by atoms with Crippen LogP contribution in [0.3, 0.4) is 0 Å². The molecule has 12 heteroatoms. The van der Waals surface area contributed by atoms with Crippen LogP contribution < -0.4 is 15.5 Å². The summed E-state index contributed by atoms with van der Waals surface area (Å²) in [6, 6.07) is 5.61. The number of piperazine rings is 1. The fraction of sp³-hybridized carbons (Fsp3) is 0.462. The Kier molecular flexibility index (Phi) is 7.76. The van der Waals surface area contributed by atoms with Gasteiger partial charge in [0.25, 0.3) is 0 Å². The van der Waals surface area contributed by atoms with Crippen molar-refractivity contribution in [2.45, 2.75) is 31.8 Å². The maximum atomic E-state index is 13.3. The SMILES string of the molecule is CN1CCN(Cc2cc3c(nc2C=O)N(C(=O)Nc2cc(NC4CCSC4)c(C#N)cn2)CCC3)C(=O)C1. The molecule has 3 aliphatic heterocycles. The van der Waals surface area contributed by atoms with Gasteiger partial charge in [-0.15, -0.1) is 0 Å². The van der Waals surface area contributed by atoms with Gasteiger partial charge < -0.3 is 10.2 Å². The first-order chi connectivity index (χ1) is 18.4. The molecule has 0 saturated carbocycles. The lowest BCUT2D eigenvalue weighted by Crippen LogP contribution is -2.48. The Morgan fingerprint density at radius 3 is 2.92 bits per heavy atom. The Labute approximate surface area is 225 Å². The van der Waals surface area contributed by atoms with E-state index in [1.807, 2.05) is 29.8 Å². The van der Waals surface area contributed by atoms with E-state index in [0.717, 1.165) is 42.9 Å². The molecule has 2 aromatic heterocycles. The summed E-state index contributed by atoms with van der Waals surface area (Å²) in [6.45, 7) is 2.48. The van der Waals surface area contributed by atoms with Gasteiger partial charge >= 0.3 is 6.03 Å². The monoisotopic (exact) mass is 534 g/mol. The summed E-state index contributed by atoms with van der Waals surface area (Å²) in [5.41, 5.74) is 2.85. The topological polar surface area (TPSA) is 135 Å². The number of amides is 3. The molecule has 0 radical (unpaired) electrons. The second kappa shape index (κ2) is 11.4. The Morgan fingerprint density at radius 2 is 2.18 bits per heavy atom. The standard InChI is InChI=1S/C26H30N8O3S/c1-32-6-7-33(24(36)14-32)13-18-9-17-3-2-5-34(25(17)30-22(18)15-35)26(37)31-23-10-21(19(11-27)12-28-23)29-20-4-8-38-16-20/h9-10,12,15,20H,2-8,13-14,16H2,1H3,(H2,28,29,31,37). The van der Waals surface area contributed by atoms with Crippen LogP contribution in [0.25, 0.3) is 0 Å². The molecule has 0 bridgehead atoms. The molecule has 0 spiro atoms. The number of aryl methyl sites for hydroxylation is 1. The Hall–Kier alpha value is -3.69. The summed E-state index contributed by atoms with van der Waals surface area (Å²) < 4.78 is 0. The molecule has 2 saturated heterocycles. The number of nitrogens with zero attached hydrogens (tertiary/aromatic N) is 6. The van der Waals surface area contributed by atoms with E-state index in [4.69, 9.17) is 0 Å². The minimum absolute atomic E-state index is 0.0183. The smallest absolute Gasteiger partial charge is 0.328 e. The van der Waals surface area contributed by atoms with E-state index in [0.29, 0.717) is 60.9 Å². The van der Waals surface area contributed by atoms with Gasteiger partial charge in [0.2, 0.25) is 5.91 Å². The first-order valence-corrected chi connectivity index (χ1v) is 13.9. The van der Waals surface area contributed by atoms with Crippen molar-refractivity contribution in [2.75, 3.05) is 60.3 Å². The van der Waals surface area contributed by atoms with Crippen LogP contribution >= 0.6 is 11.8 Å². The number of nitriles is 1. The number of urea groups is 1. The number of nitrogens with one attached hydrogen (secondary N) is 2. The van der Waals surface area contributed by atoms with Crippen molar-refractivity contribution in [3.05, 3.63) is 40.7 Å². The number of carbonyl (C=O) groups is 3. The summed E-state index contributed by atoms with van der Waals surface area (Å²) in [5.74, 6) is 2.83. The molecular weight excluding hydrogens is 504 g/mol. The fourth-order valence-electron chi connectivity index (χ4n) is 4.96. The minimum Gasteiger partial charge on any atom is -0.380 e. The van der Waals surface area contributed by atoms with Crippen LogP contribution in [0.15, 0.2) is 18.3 Å². The molecule has 1 atom stereocenters. The zero-order chi connectivity index (χ0) is 26.6. The van der Waals surface area contributed by atoms with Gasteiger partial charge in [0.1, 0.15) is 23.4 Å². The predicted molar refractivity (Wildman–Crippen MR) is 146 cm³/mol. The molecule has 198 valence electrons. The van der Waals surface area contributed by atoms with Gasteiger partial charge in [-0.1, -0.05) is 0 Å². The van der Waals surface area contributed by atoms with E-state index in [-0.39, 0.29) is 17.6 Å². The number of thioether (sulfide) groups is 1. The highest BCUT2D eigenvalue weighted by atomic mass is 32.2. The van der Waals surface area contributed by atoms with Gasteiger partial charge in [0.05, 0.1) is 17.8 Å². The Balaban J connectivity index is 1.34. The quantitative estimate of drug-likeness (QED) is 0.536. The number of fused-ring (bicyclic) bond motifs is 1. The third-order valence-electron chi connectivity index (χ3n) is 7.05. The summed E-state index contributed by atoms with van der Waals surface area (Å²) in [6.07, 6.45) is 4.61. The summed E-state index contributed by atoms with van der Waals surface area (Å²) >= 11 is 1.87. The van der Waals surface area contributed by atoms with E-state index in [2.05, 4.69) is 26.7 Å². The van der Waals surface area contributed by atoms with Crippen molar-refractivity contribution in [2.24, 2.45) is 0 Å². The van der Waals surface area contributed by atoms with Crippen LogP contribution in [0.2, 0.25) is 0 Å². The number of rotatable bonds is 6. The van der Waals surface area contributed by atoms with Gasteiger partial charge in [-0.05, 0) is 43.7 Å². The van der Waals surface area contributed by atoms with Gasteiger partial charge in [0.15, 0.2) is 6.29 Å². The summed E-state index contributed by atoms with van der Waals surface area (Å²) in [7, 11) is 1.91. The van der Waals surface area contributed by atoms with Crippen LogP contribution in [0, 0.1) is 11.3 Å². The predicted octanol–water partition coefficient (Wildman–Crippen LogP) is 2.34. The van der Waals surface area contributed by atoms with Gasteiger partial charge in [-0.3, -0.25) is 24.7 Å². The van der Waals surface area contributed by atoms with Gasteiger partial charge in [-0.2, -0.15) is 17.0 Å². The average Bonchev–Trinajstić information content (AvgIpc) is 3.42. The van der Waals surface area contributed by atoms with E-state index < -0.39 is 6.03 Å². The zero-order valence-corrected chi connectivity index (χ0v) is 22.1. The molecule has 0 aromatic carbocycles. The summed E-state index contributed by atoms with van der Waals surface area (Å²) in [4.78, 5) is 51.8. The average molecular weight is 535 g/mol. The largest absolute Gasteiger partial charge is 0.380 e. The van der Waals surface area contributed by atoms with E-state index >= 15 is 0 Å². The van der Waals surface area contributed by atoms with Crippen molar-refractivity contribution in [3.8, 4) is 6.07 Å². The lowest BCUT2D eigenvalue weighted by molar-refractivity contribution is -0.136. The van der Waals surface area contributed by atoms with E-state index in [1.54, 1.807) is 11.0 Å². The molecule has 2 aromatic rings. The highest BCUT2D eigenvalue weighted by Gasteiger charge is 2.28. The number of carbonyl (C=O) groups excluding carboxylic acids is 3. The fourth-order valence-corrected chi connectivity index (χ4v) is 6.11.